The Morgan fingerprint density at radius 3 is 2.46 bits per heavy atom. The summed E-state index contributed by atoms with van der Waals surface area (Å²) in [6.45, 7) is 3.67. The molecule has 2 aromatic rings. The molecule has 1 aromatic carbocycles. The van der Waals surface area contributed by atoms with E-state index in [2.05, 4.69) is 5.16 Å². The second kappa shape index (κ2) is 7.63. The molecule has 2 rings (SSSR count). The topological polar surface area (TPSA) is 92.9 Å². The molecule has 0 fully saturated rings. The van der Waals surface area contributed by atoms with E-state index in [1.165, 1.54) is 0 Å². The van der Waals surface area contributed by atoms with E-state index in [0.717, 1.165) is 16.8 Å². The summed E-state index contributed by atoms with van der Waals surface area (Å²) in [6, 6.07) is 6.98. The average Bonchev–Trinajstić information content (AvgIpc) is 2.86. The molecule has 0 aliphatic rings. The lowest BCUT2D eigenvalue weighted by molar-refractivity contribution is -0.139. The number of carboxylic acid groups (broad SMARTS) is 1. The molecule has 128 valence electrons. The zero-order valence-corrected chi connectivity index (χ0v) is 13.9. The van der Waals surface area contributed by atoms with E-state index in [1.807, 2.05) is 6.92 Å². The van der Waals surface area contributed by atoms with Crippen LogP contribution in [-0.4, -0.2) is 40.7 Å². The molecule has 0 radical (unpaired) electrons. The monoisotopic (exact) mass is 332 g/mol. The van der Waals surface area contributed by atoms with Crippen LogP contribution in [0.1, 0.15) is 22.6 Å². The van der Waals surface area contributed by atoms with Gasteiger partial charge in [0, 0.05) is 19.2 Å². The van der Waals surface area contributed by atoms with Crippen molar-refractivity contribution in [1.82, 2.24) is 10.1 Å². The second-order valence-electron chi connectivity index (χ2n) is 5.56. The number of aliphatic carboxylic acids is 1. The first-order chi connectivity index (χ1) is 11.4. The maximum absolute atomic E-state index is 12.3. The molecule has 0 aliphatic heterocycles. The third-order valence-corrected chi connectivity index (χ3v) is 3.64. The van der Waals surface area contributed by atoms with Crippen molar-refractivity contribution in [2.24, 2.45) is 0 Å². The molecule has 0 spiro atoms. The Balaban J connectivity index is 1.92. The summed E-state index contributed by atoms with van der Waals surface area (Å²) in [5, 5.41) is 12.4. The number of likely N-dealkylation sites (N-methyl/N-ethyl adjacent to an activating group) is 1. The smallest absolute Gasteiger partial charge is 0.341 e. The van der Waals surface area contributed by atoms with Gasteiger partial charge in [0.1, 0.15) is 11.5 Å². The predicted octanol–water partition coefficient (Wildman–Crippen LogP) is 1.96. The number of benzene rings is 1. The van der Waals surface area contributed by atoms with Gasteiger partial charge in [-0.2, -0.15) is 0 Å². The third-order valence-electron chi connectivity index (χ3n) is 3.64. The molecule has 7 nitrogen and oxygen atoms in total. The van der Waals surface area contributed by atoms with E-state index >= 15 is 0 Å². The molecule has 0 bridgehead atoms. The van der Waals surface area contributed by atoms with Gasteiger partial charge in [0.05, 0.1) is 12.1 Å². The van der Waals surface area contributed by atoms with E-state index < -0.39 is 5.97 Å². The Labute approximate surface area is 139 Å². The number of aryl methyl sites for hydroxylation is 2. The Morgan fingerprint density at radius 1 is 1.25 bits per heavy atom. The van der Waals surface area contributed by atoms with Crippen molar-refractivity contribution >= 4 is 11.9 Å². The fourth-order valence-electron chi connectivity index (χ4n) is 2.24. The van der Waals surface area contributed by atoms with Gasteiger partial charge >= 0.3 is 5.97 Å². The summed E-state index contributed by atoms with van der Waals surface area (Å²) in [5.74, 6) is 0.0827. The lowest BCUT2D eigenvalue weighted by atomic mass is 10.1. The summed E-state index contributed by atoms with van der Waals surface area (Å²) in [7, 11) is 1.73. The predicted molar refractivity (Wildman–Crippen MR) is 85.7 cm³/mol. The van der Waals surface area contributed by atoms with Gasteiger partial charge < -0.3 is 19.3 Å². The average molecular weight is 332 g/mol. The van der Waals surface area contributed by atoms with Gasteiger partial charge in [-0.15, -0.1) is 0 Å². The van der Waals surface area contributed by atoms with Crippen molar-refractivity contribution < 1.29 is 24.0 Å². The van der Waals surface area contributed by atoms with E-state index in [1.54, 1.807) is 43.1 Å². The van der Waals surface area contributed by atoms with E-state index in [4.69, 9.17) is 14.4 Å². The fourth-order valence-corrected chi connectivity index (χ4v) is 2.24. The molecular formula is C17H20N2O5. The zero-order valence-electron chi connectivity index (χ0n) is 13.9. The summed E-state index contributed by atoms with van der Waals surface area (Å²) in [5.41, 5.74) is 2.48. The summed E-state index contributed by atoms with van der Waals surface area (Å²) < 4.78 is 10.1. The van der Waals surface area contributed by atoms with Gasteiger partial charge in [-0.3, -0.25) is 4.79 Å². The molecule has 7 heteroatoms. The Bertz CT molecular complexity index is 702. The SMILES string of the molecule is Cc1noc(C)c1CC(=O)N(C)Cc1ccc(OCC(=O)O)cc1. The van der Waals surface area contributed by atoms with Crippen molar-refractivity contribution in [1.29, 1.82) is 0 Å². The van der Waals surface area contributed by atoms with Crippen molar-refractivity contribution in [3.63, 3.8) is 0 Å². The van der Waals surface area contributed by atoms with Gasteiger partial charge in [0.25, 0.3) is 0 Å². The van der Waals surface area contributed by atoms with E-state index in [0.29, 0.717) is 18.1 Å². The molecule has 0 atom stereocenters. The highest BCUT2D eigenvalue weighted by Crippen LogP contribution is 2.16. The van der Waals surface area contributed by atoms with Gasteiger partial charge in [-0.1, -0.05) is 17.3 Å². The fraction of sp³-hybridized carbons (Fsp3) is 0.353. The second-order valence-corrected chi connectivity index (χ2v) is 5.56. The molecule has 0 unspecified atom stereocenters. The number of carbonyl (C=O) groups excluding carboxylic acids is 1. The maximum Gasteiger partial charge on any atom is 0.341 e. The number of hydrogen-bond donors (Lipinski definition) is 1. The quantitative estimate of drug-likeness (QED) is 0.833. The van der Waals surface area contributed by atoms with Gasteiger partial charge in [-0.25, -0.2) is 4.79 Å². The number of aromatic nitrogens is 1. The van der Waals surface area contributed by atoms with E-state index in [-0.39, 0.29) is 18.9 Å². The minimum atomic E-state index is -1.02. The first-order valence-corrected chi connectivity index (χ1v) is 7.46. The van der Waals surface area contributed by atoms with E-state index in [9.17, 15) is 9.59 Å². The normalized spacial score (nSPS) is 10.5. The standard InChI is InChI=1S/C17H20N2O5/c1-11-15(12(2)24-18-11)8-16(20)19(3)9-13-4-6-14(7-5-13)23-10-17(21)22/h4-7H,8-10H2,1-3H3,(H,21,22). The molecule has 24 heavy (non-hydrogen) atoms. The number of ether oxygens (including phenoxy) is 1. The molecule has 1 amide bonds. The Hall–Kier alpha value is -2.83. The molecule has 0 saturated carbocycles. The van der Waals surface area contributed by atoms with Gasteiger partial charge in [0.15, 0.2) is 6.61 Å². The molecular weight excluding hydrogens is 312 g/mol. The number of rotatable bonds is 7. The summed E-state index contributed by atoms with van der Waals surface area (Å²) in [4.78, 5) is 24.4. The van der Waals surface area contributed by atoms with Gasteiger partial charge in [0.2, 0.25) is 5.91 Å². The molecule has 0 saturated heterocycles. The largest absolute Gasteiger partial charge is 0.482 e. The van der Waals surface area contributed by atoms with Crippen molar-refractivity contribution in [2.45, 2.75) is 26.8 Å². The highest BCUT2D eigenvalue weighted by molar-refractivity contribution is 5.79. The first kappa shape index (κ1) is 17.5. The highest BCUT2D eigenvalue weighted by atomic mass is 16.5. The molecule has 0 aliphatic carbocycles. The Kier molecular flexibility index (Phi) is 5.57. The van der Waals surface area contributed by atoms with Crippen LogP contribution >= 0.6 is 0 Å². The van der Waals surface area contributed by atoms with Crippen molar-refractivity contribution in [2.75, 3.05) is 13.7 Å². The number of nitrogens with zero attached hydrogens (tertiary/aromatic N) is 2. The van der Waals surface area contributed by atoms with Crippen LogP contribution in [0.5, 0.6) is 5.75 Å². The van der Waals surface area contributed by atoms with Crippen LogP contribution in [0.4, 0.5) is 0 Å². The van der Waals surface area contributed by atoms with Gasteiger partial charge in [-0.05, 0) is 31.5 Å². The summed E-state index contributed by atoms with van der Waals surface area (Å²) >= 11 is 0. The Morgan fingerprint density at radius 2 is 1.92 bits per heavy atom. The van der Waals surface area contributed by atoms with Crippen LogP contribution in [0.2, 0.25) is 0 Å². The minimum Gasteiger partial charge on any atom is -0.482 e. The zero-order chi connectivity index (χ0) is 17.7. The van der Waals surface area contributed by atoms with Crippen LogP contribution in [0.3, 0.4) is 0 Å². The number of hydrogen-bond acceptors (Lipinski definition) is 5. The number of carbonyl (C=O) groups is 2. The summed E-state index contributed by atoms with van der Waals surface area (Å²) in [6.07, 6.45) is 0.247. The van der Waals surface area contributed by atoms with Crippen LogP contribution in [0, 0.1) is 13.8 Å². The molecule has 1 heterocycles. The highest BCUT2D eigenvalue weighted by Gasteiger charge is 2.16. The molecule has 1 N–H and O–H groups in total. The molecule has 1 aromatic heterocycles. The van der Waals surface area contributed by atoms with Crippen LogP contribution in [0.25, 0.3) is 0 Å². The number of amides is 1. The van der Waals surface area contributed by atoms with Crippen molar-refractivity contribution in [3.05, 3.63) is 46.8 Å². The van der Waals surface area contributed by atoms with Crippen LogP contribution in [-0.2, 0) is 22.6 Å². The first-order valence-electron chi connectivity index (χ1n) is 7.46. The lowest BCUT2D eigenvalue weighted by Gasteiger charge is -2.17. The van der Waals surface area contributed by atoms with Crippen LogP contribution < -0.4 is 4.74 Å². The number of carboxylic acids is 1. The van der Waals surface area contributed by atoms with Crippen molar-refractivity contribution in [3.8, 4) is 5.75 Å². The minimum absolute atomic E-state index is 0.0318. The van der Waals surface area contributed by atoms with Crippen LogP contribution in [0.15, 0.2) is 28.8 Å². The third kappa shape index (κ3) is 4.58. The maximum atomic E-state index is 12.3. The lowest BCUT2D eigenvalue weighted by Crippen LogP contribution is -2.28.